The molecule has 0 radical (unpaired) electrons. The first-order valence-corrected chi connectivity index (χ1v) is 28.5. The van der Waals surface area contributed by atoms with Gasteiger partial charge in [0.05, 0.1) is 30.4 Å². The Morgan fingerprint density at radius 2 is 1.44 bits per heavy atom. The molecular weight excluding hydrogens is 986 g/mol. The molecule has 0 fully saturated rings. The topological polar surface area (TPSA) is 271 Å². The smallest absolute Gasteiger partial charge is 0.305 e. The highest BCUT2D eigenvalue weighted by atomic mass is 31.2. The Kier molecular flexibility index (Phi) is 24.4. The minimum absolute atomic E-state index is 0.0865. The van der Waals surface area contributed by atoms with Gasteiger partial charge in [-0.05, 0) is 86.2 Å². The van der Waals surface area contributed by atoms with Crippen molar-refractivity contribution < 1.29 is 57.2 Å². The molecule has 1 aliphatic heterocycles. The van der Waals surface area contributed by atoms with E-state index in [-0.39, 0.29) is 55.4 Å². The van der Waals surface area contributed by atoms with E-state index in [9.17, 15) is 29.2 Å². The molecule has 410 valence electrons. The van der Waals surface area contributed by atoms with Crippen LogP contribution in [0.1, 0.15) is 136 Å². The fourth-order valence-electron chi connectivity index (χ4n) is 8.99. The number of carbonyl (C=O) groups is 1. The number of phosphoric acid groups is 1. The molecule has 3 aromatic carbocycles. The predicted molar refractivity (Wildman–Crippen MR) is 286 cm³/mol. The number of unbranched alkanes of at least 4 members (excludes halogenated alkanes) is 16. The third kappa shape index (κ3) is 18.8. The first kappa shape index (κ1) is 58.5. The summed E-state index contributed by atoms with van der Waals surface area (Å²) >= 11 is 0. The van der Waals surface area contributed by atoms with E-state index in [0.29, 0.717) is 65.6 Å². The minimum atomic E-state index is -4.54. The van der Waals surface area contributed by atoms with Crippen LogP contribution in [0.4, 0.5) is 17.1 Å². The lowest BCUT2D eigenvalue weighted by Crippen LogP contribution is -2.52. The first-order chi connectivity index (χ1) is 36.5. The summed E-state index contributed by atoms with van der Waals surface area (Å²) < 4.78 is 50.5. The number of nitrogens with zero attached hydrogens (tertiary/aromatic N) is 5. The van der Waals surface area contributed by atoms with Crippen LogP contribution < -0.4 is 31.0 Å². The molecule has 6 rings (SSSR count). The Hall–Kier alpha value is -5.76. The summed E-state index contributed by atoms with van der Waals surface area (Å²) in [6, 6.07) is 16.1. The molecule has 0 saturated heterocycles. The van der Waals surface area contributed by atoms with E-state index >= 15 is 0 Å². The number of nitro benzene ring substituents is 1. The molecular formula is C54H76N7O13P. The Morgan fingerprint density at radius 1 is 0.773 bits per heavy atom. The molecule has 20 nitrogen and oxygen atoms in total. The number of benzene rings is 4. The number of nitrogens with one attached hydrogen (secondary N) is 1. The lowest BCUT2D eigenvalue weighted by atomic mass is 10.0. The monoisotopic (exact) mass is 1060 g/mol. The first-order valence-electron chi connectivity index (χ1n) is 27.0. The van der Waals surface area contributed by atoms with Gasteiger partial charge in [-0.25, -0.2) is 9.61 Å². The predicted octanol–water partition coefficient (Wildman–Crippen LogP) is 10.3. The number of hydrogen-bond donors (Lipinski definition) is 2. The van der Waals surface area contributed by atoms with Crippen molar-refractivity contribution in [1.29, 1.82) is 0 Å². The van der Waals surface area contributed by atoms with Crippen molar-refractivity contribution in [2.75, 3.05) is 69.4 Å². The minimum Gasteiger partial charge on any atom is -0.756 e. The van der Waals surface area contributed by atoms with Crippen LogP contribution in [0.15, 0.2) is 68.4 Å². The molecule has 2 aliphatic rings. The van der Waals surface area contributed by atoms with Crippen molar-refractivity contribution in [3.05, 3.63) is 74.9 Å². The summed E-state index contributed by atoms with van der Waals surface area (Å²) in [5.74, 6) is 0.799. The Labute approximate surface area is 438 Å². The summed E-state index contributed by atoms with van der Waals surface area (Å²) in [6.45, 7) is 7.40. The van der Waals surface area contributed by atoms with Crippen LogP contribution in [0, 0.1) is 10.1 Å². The van der Waals surface area contributed by atoms with Crippen molar-refractivity contribution in [3.63, 3.8) is 0 Å². The molecule has 0 spiro atoms. The number of carbonyl (C=O) groups excluding carboxylic acids is 1. The zero-order chi connectivity index (χ0) is 53.3. The van der Waals surface area contributed by atoms with E-state index in [4.69, 9.17) is 37.3 Å². The fourth-order valence-corrected chi connectivity index (χ4v) is 9.76. The highest BCUT2D eigenvalue weighted by molar-refractivity contribution is 7.45. The van der Waals surface area contributed by atoms with Gasteiger partial charge in [-0.2, -0.15) is 0 Å². The van der Waals surface area contributed by atoms with Crippen molar-refractivity contribution in [3.8, 4) is 17.2 Å². The van der Waals surface area contributed by atoms with Gasteiger partial charge in [0.1, 0.15) is 36.3 Å². The number of fused-ring (bicyclic) bond motifs is 5. The van der Waals surface area contributed by atoms with Gasteiger partial charge >= 0.3 is 11.7 Å². The second-order valence-electron chi connectivity index (χ2n) is 18.8. The van der Waals surface area contributed by atoms with Crippen LogP contribution in [0.25, 0.3) is 44.4 Å². The Bertz CT molecular complexity index is 2770. The second-order valence-corrected chi connectivity index (χ2v) is 20.2. The third-order valence-electron chi connectivity index (χ3n) is 13.1. The number of non-ortho nitro benzene ring substituents is 1. The SMILES string of the molecule is CCN(CC)c1ccc2nc3c4cc(OCCCCCCCCCCCCOC(COC(=O)CCCCCCCCCCNc5ccc([N+](=O)[O-])c6nonc56)COP(=O)([O-])OCC[NH3+])ccc4c(=O)cc-3oc2c1. The summed E-state index contributed by atoms with van der Waals surface area (Å²) in [6.07, 6.45) is 17.8. The summed E-state index contributed by atoms with van der Waals surface area (Å²) in [5, 5.41) is 23.2. The van der Waals surface area contributed by atoms with Crippen LogP contribution in [-0.2, 0) is 27.9 Å². The van der Waals surface area contributed by atoms with Crippen LogP contribution in [0.2, 0.25) is 0 Å². The number of nitro groups is 1. The van der Waals surface area contributed by atoms with Gasteiger partial charge in [0.15, 0.2) is 22.3 Å². The summed E-state index contributed by atoms with van der Waals surface area (Å²) in [4.78, 5) is 55.6. The number of rotatable bonds is 39. The average molecular weight is 1060 g/mol. The molecule has 1 aromatic heterocycles. The van der Waals surface area contributed by atoms with Crippen molar-refractivity contribution >= 4 is 63.8 Å². The van der Waals surface area contributed by atoms with Crippen LogP contribution >= 0.6 is 7.82 Å². The fraction of sp³-hybridized carbons (Fsp3) is 0.574. The van der Waals surface area contributed by atoms with Crippen molar-refractivity contribution in [2.45, 2.75) is 142 Å². The molecule has 21 heteroatoms. The lowest BCUT2D eigenvalue weighted by molar-refractivity contribution is -0.383. The van der Waals surface area contributed by atoms with E-state index < -0.39 is 18.8 Å². The zero-order valence-corrected chi connectivity index (χ0v) is 44.7. The number of aromatic nitrogens is 3. The van der Waals surface area contributed by atoms with Gasteiger partial charge in [0.2, 0.25) is 5.52 Å². The third-order valence-corrected chi connectivity index (χ3v) is 14.1. The van der Waals surface area contributed by atoms with E-state index in [0.717, 1.165) is 139 Å². The zero-order valence-electron chi connectivity index (χ0n) is 43.8. The van der Waals surface area contributed by atoms with Gasteiger partial charge in [-0.1, -0.05) is 89.9 Å². The number of quaternary nitrogens is 1. The molecule has 0 bridgehead atoms. The maximum absolute atomic E-state index is 13.0. The Morgan fingerprint density at radius 3 is 2.13 bits per heavy atom. The number of hydrogen-bond acceptors (Lipinski definition) is 18. The summed E-state index contributed by atoms with van der Waals surface area (Å²) in [7, 11) is -4.54. The highest BCUT2D eigenvalue weighted by Gasteiger charge is 2.21. The lowest BCUT2D eigenvalue weighted by Gasteiger charge is -2.25. The standard InChI is InChI=1S/C54H76N7O13P/c1-3-60(4-2)40-24-27-45-49(35-40)73-50-37-48(62)43-26-25-41(36-44(43)52(50)57-45)68-32-21-17-13-9-5-6-10-14-18-22-33-69-42(39-72-75(66,67)71-34-30-55)38-70-51(63)23-19-15-11-7-8-12-16-20-31-56-46-28-29-47(61(64)65)54-53(46)58-74-59-54/h24-29,35-37,42,56H,3-23,30-34,38-39,55H2,1-2H3,(H,66,67). The molecule has 2 unspecified atom stereocenters. The Balaban J connectivity index is 0.780. The van der Waals surface area contributed by atoms with Crippen molar-refractivity contribution in [1.82, 2.24) is 15.3 Å². The quantitative estimate of drug-likeness (QED) is 0.00690. The normalized spacial score (nSPS) is 12.9. The van der Waals surface area contributed by atoms with E-state index in [1.54, 1.807) is 6.07 Å². The molecule has 2 heterocycles. The van der Waals surface area contributed by atoms with Gasteiger partial charge in [0.25, 0.3) is 7.82 Å². The molecule has 4 aromatic rings. The number of ether oxygens (including phenoxy) is 3. The number of esters is 1. The maximum atomic E-state index is 13.0. The van der Waals surface area contributed by atoms with Crippen LogP contribution in [-0.4, -0.2) is 91.5 Å². The maximum Gasteiger partial charge on any atom is 0.305 e. The molecule has 75 heavy (non-hydrogen) atoms. The number of phosphoric ester groups is 1. The largest absolute Gasteiger partial charge is 0.756 e. The van der Waals surface area contributed by atoms with Crippen LogP contribution in [0.5, 0.6) is 5.75 Å². The molecule has 0 amide bonds. The van der Waals surface area contributed by atoms with Gasteiger partial charge < -0.3 is 48.5 Å². The van der Waals surface area contributed by atoms with Crippen molar-refractivity contribution in [2.24, 2.45) is 0 Å². The highest BCUT2D eigenvalue weighted by Crippen LogP contribution is 2.38. The van der Waals surface area contributed by atoms with E-state index in [1.807, 2.05) is 30.3 Å². The molecule has 1 aliphatic carbocycles. The summed E-state index contributed by atoms with van der Waals surface area (Å²) in [5.41, 5.74) is 7.52. The average Bonchev–Trinajstić information content (AvgIpc) is 3.91. The number of anilines is 2. The van der Waals surface area contributed by atoms with Gasteiger partial charge in [0, 0.05) is 67.3 Å². The van der Waals surface area contributed by atoms with E-state index in [2.05, 4.69) is 46.2 Å². The van der Waals surface area contributed by atoms with Gasteiger partial charge in [-0.15, -0.1) is 0 Å². The van der Waals surface area contributed by atoms with Gasteiger partial charge in [-0.3, -0.25) is 24.3 Å². The molecule has 4 N–H and O–H groups in total. The van der Waals surface area contributed by atoms with Crippen LogP contribution in [0.3, 0.4) is 0 Å². The molecule has 2 atom stereocenters. The molecule has 0 saturated carbocycles. The van der Waals surface area contributed by atoms with E-state index in [1.165, 1.54) is 12.1 Å². The second kappa shape index (κ2) is 31.3.